The van der Waals surface area contributed by atoms with E-state index in [1.807, 2.05) is 18.2 Å². The van der Waals surface area contributed by atoms with E-state index in [0.717, 1.165) is 31.2 Å². The normalized spacial score (nSPS) is 10.5. The summed E-state index contributed by atoms with van der Waals surface area (Å²) in [4.78, 5) is 12.5. The summed E-state index contributed by atoms with van der Waals surface area (Å²) in [7, 11) is 3.11. The number of rotatable bonds is 12. The van der Waals surface area contributed by atoms with Crippen LogP contribution in [0.3, 0.4) is 0 Å². The van der Waals surface area contributed by atoms with E-state index in [1.54, 1.807) is 19.3 Å². The van der Waals surface area contributed by atoms with Crippen molar-refractivity contribution < 1.29 is 19.0 Å². The molecule has 0 aliphatic rings. The van der Waals surface area contributed by atoms with Gasteiger partial charge in [0.1, 0.15) is 17.1 Å². The second-order valence-electron chi connectivity index (χ2n) is 5.48. The van der Waals surface area contributed by atoms with Crippen molar-refractivity contribution in [2.24, 2.45) is 0 Å². The van der Waals surface area contributed by atoms with Crippen molar-refractivity contribution in [3.05, 3.63) is 54.6 Å². The molecule has 4 heteroatoms. The topological polar surface area (TPSA) is 44.8 Å². The molecule has 136 valence electrons. The number of unbranched alkanes of at least 4 members (excludes halogenated alkanes) is 3. The fourth-order valence-corrected chi connectivity index (χ4v) is 2.31. The summed E-state index contributed by atoms with van der Waals surface area (Å²) in [6.45, 7) is 7.64. The number of esters is 1. The van der Waals surface area contributed by atoms with Gasteiger partial charge < -0.3 is 14.2 Å². The van der Waals surface area contributed by atoms with Crippen LogP contribution in [0.2, 0.25) is 0 Å². The van der Waals surface area contributed by atoms with Gasteiger partial charge in [-0.15, -0.1) is 13.2 Å². The molecule has 0 aromatic heterocycles. The number of hydrogen-bond donors (Lipinski definition) is 0. The van der Waals surface area contributed by atoms with E-state index in [-0.39, 0.29) is 0 Å². The fraction of sp³-hybridized carbons (Fsp3) is 0.381. The van der Waals surface area contributed by atoms with Crippen LogP contribution >= 0.6 is 0 Å². The summed E-state index contributed by atoms with van der Waals surface area (Å²) in [5.74, 6) is 0.660. The average Bonchev–Trinajstić information content (AvgIpc) is 2.63. The summed E-state index contributed by atoms with van der Waals surface area (Å²) in [5.41, 5.74) is 1.14. The van der Waals surface area contributed by atoms with Gasteiger partial charge in [-0.25, -0.2) is 4.79 Å². The van der Waals surface area contributed by atoms with Gasteiger partial charge in [0.05, 0.1) is 20.8 Å². The van der Waals surface area contributed by atoms with Gasteiger partial charge in [0.25, 0.3) is 0 Å². The Hall–Kier alpha value is -2.49. The maximum Gasteiger partial charge on any atom is 0.342 e. The van der Waals surface area contributed by atoms with E-state index in [1.165, 1.54) is 7.11 Å². The Morgan fingerprint density at radius 3 is 2.40 bits per heavy atom. The van der Waals surface area contributed by atoms with E-state index in [9.17, 15) is 4.79 Å². The van der Waals surface area contributed by atoms with Gasteiger partial charge in [0, 0.05) is 6.07 Å². The Bertz CT molecular complexity index is 602. The predicted molar refractivity (Wildman–Crippen MR) is 102 cm³/mol. The quantitative estimate of drug-likeness (QED) is 0.297. The van der Waals surface area contributed by atoms with Crippen molar-refractivity contribution in [1.82, 2.24) is 0 Å². The first kappa shape index (κ1) is 20.6. The lowest BCUT2D eigenvalue weighted by molar-refractivity contribution is 0.0508. The van der Waals surface area contributed by atoms with Crippen LogP contribution < -0.4 is 9.47 Å². The average molecular weight is 344 g/mol. The van der Waals surface area contributed by atoms with Gasteiger partial charge in [0.15, 0.2) is 0 Å². The van der Waals surface area contributed by atoms with Gasteiger partial charge in [-0.3, -0.25) is 0 Å². The number of ether oxygens (including phenoxy) is 3. The number of allylic oxidation sites excluding steroid dienone is 2. The molecule has 0 N–H and O–H groups in total. The number of carbonyl (C=O) groups excluding carboxylic acids is 1. The summed E-state index contributed by atoms with van der Waals surface area (Å²) in [6.07, 6.45) is 12.3. The summed E-state index contributed by atoms with van der Waals surface area (Å²) < 4.78 is 16.0. The molecule has 25 heavy (non-hydrogen) atoms. The fourth-order valence-electron chi connectivity index (χ4n) is 2.31. The van der Waals surface area contributed by atoms with Crippen molar-refractivity contribution in [3.63, 3.8) is 0 Å². The summed E-state index contributed by atoms with van der Waals surface area (Å²) in [6, 6.07) is 3.50. The molecule has 1 rings (SSSR count). The zero-order valence-corrected chi connectivity index (χ0v) is 15.3. The first-order valence-corrected chi connectivity index (χ1v) is 8.49. The summed E-state index contributed by atoms with van der Waals surface area (Å²) in [5, 5.41) is 0. The minimum Gasteiger partial charge on any atom is -0.497 e. The summed E-state index contributed by atoms with van der Waals surface area (Å²) >= 11 is 0. The number of carbonyl (C=O) groups is 1. The molecule has 0 heterocycles. The van der Waals surface area contributed by atoms with Crippen LogP contribution in [0.15, 0.2) is 43.5 Å². The van der Waals surface area contributed by atoms with Gasteiger partial charge in [-0.05, 0) is 43.7 Å². The van der Waals surface area contributed by atoms with E-state index in [0.29, 0.717) is 30.1 Å². The monoisotopic (exact) mass is 344 g/mol. The molecule has 0 radical (unpaired) electrons. The SMILES string of the molecule is C=CCCCC/C=C/c1cc(OC)cc(OC)c1C(=O)OCCC=C. The molecule has 0 amide bonds. The first-order valence-electron chi connectivity index (χ1n) is 8.49. The number of methoxy groups -OCH3 is 2. The van der Waals surface area contributed by atoms with Crippen molar-refractivity contribution in [3.8, 4) is 11.5 Å². The number of benzene rings is 1. The molecule has 0 fully saturated rings. The van der Waals surface area contributed by atoms with Crippen LogP contribution in [0.5, 0.6) is 11.5 Å². The van der Waals surface area contributed by atoms with E-state index < -0.39 is 5.97 Å². The van der Waals surface area contributed by atoms with Gasteiger partial charge >= 0.3 is 5.97 Å². The molecule has 0 aliphatic heterocycles. The van der Waals surface area contributed by atoms with Gasteiger partial charge in [-0.1, -0.05) is 24.3 Å². The third kappa shape index (κ3) is 6.87. The highest BCUT2D eigenvalue weighted by Gasteiger charge is 2.19. The Morgan fingerprint density at radius 2 is 1.76 bits per heavy atom. The second-order valence-corrected chi connectivity index (χ2v) is 5.48. The van der Waals surface area contributed by atoms with Crippen molar-refractivity contribution >= 4 is 12.0 Å². The first-order chi connectivity index (χ1) is 12.2. The van der Waals surface area contributed by atoms with Crippen LogP contribution in [0, 0.1) is 0 Å². The van der Waals surface area contributed by atoms with Crippen LogP contribution in [-0.4, -0.2) is 26.8 Å². The van der Waals surface area contributed by atoms with Crippen LogP contribution in [0.1, 0.15) is 48.0 Å². The smallest absolute Gasteiger partial charge is 0.342 e. The molecule has 0 saturated carbocycles. The van der Waals surface area contributed by atoms with Crippen LogP contribution in [-0.2, 0) is 4.74 Å². The lowest BCUT2D eigenvalue weighted by Crippen LogP contribution is -2.10. The predicted octanol–water partition coefficient (Wildman–Crippen LogP) is 5.20. The Kier molecular flexibility index (Phi) is 9.83. The molecule has 0 spiro atoms. The lowest BCUT2D eigenvalue weighted by Gasteiger charge is -2.13. The second kappa shape index (κ2) is 12.0. The highest BCUT2D eigenvalue weighted by molar-refractivity contribution is 5.97. The van der Waals surface area contributed by atoms with Crippen molar-refractivity contribution in [1.29, 1.82) is 0 Å². The van der Waals surface area contributed by atoms with Crippen LogP contribution in [0.25, 0.3) is 6.08 Å². The van der Waals surface area contributed by atoms with E-state index >= 15 is 0 Å². The minimum absolute atomic E-state index is 0.294. The van der Waals surface area contributed by atoms with E-state index in [4.69, 9.17) is 14.2 Å². The highest BCUT2D eigenvalue weighted by atomic mass is 16.5. The Labute approximate surface area is 150 Å². The van der Waals surface area contributed by atoms with Gasteiger partial charge in [-0.2, -0.15) is 0 Å². The molecular formula is C21H28O4. The highest BCUT2D eigenvalue weighted by Crippen LogP contribution is 2.30. The van der Waals surface area contributed by atoms with Crippen molar-refractivity contribution in [2.75, 3.05) is 20.8 Å². The lowest BCUT2D eigenvalue weighted by atomic mass is 10.0. The third-order valence-corrected chi connectivity index (χ3v) is 3.65. The number of hydrogen-bond acceptors (Lipinski definition) is 4. The zero-order chi connectivity index (χ0) is 18.5. The molecule has 4 nitrogen and oxygen atoms in total. The molecule has 0 aliphatic carbocycles. The molecule has 1 aromatic carbocycles. The van der Waals surface area contributed by atoms with Crippen molar-refractivity contribution in [2.45, 2.75) is 32.1 Å². The maximum atomic E-state index is 12.5. The molecule has 0 atom stereocenters. The van der Waals surface area contributed by atoms with Gasteiger partial charge in [0.2, 0.25) is 0 Å². The van der Waals surface area contributed by atoms with Crippen LogP contribution in [0.4, 0.5) is 0 Å². The maximum absolute atomic E-state index is 12.5. The minimum atomic E-state index is -0.410. The molecular weight excluding hydrogens is 316 g/mol. The third-order valence-electron chi connectivity index (χ3n) is 3.65. The molecule has 0 unspecified atom stereocenters. The Morgan fingerprint density at radius 1 is 1.04 bits per heavy atom. The largest absolute Gasteiger partial charge is 0.497 e. The molecule has 0 bridgehead atoms. The van der Waals surface area contributed by atoms with E-state index in [2.05, 4.69) is 19.2 Å². The molecule has 1 aromatic rings. The zero-order valence-electron chi connectivity index (χ0n) is 15.3. The standard InChI is InChI=1S/C21H28O4/c1-5-7-9-10-11-12-13-17-15-18(23-3)16-19(24-4)20(17)21(22)25-14-8-6-2/h5-6,12-13,15-16H,1-2,7-11,14H2,3-4H3/b13-12+. The molecule has 0 saturated heterocycles. The Balaban J connectivity index is 3.01.